The number of benzene rings is 1. The lowest BCUT2D eigenvalue weighted by molar-refractivity contribution is 0.166. The van der Waals surface area contributed by atoms with E-state index in [0.29, 0.717) is 11.3 Å². The van der Waals surface area contributed by atoms with E-state index < -0.39 is 0 Å². The van der Waals surface area contributed by atoms with Crippen molar-refractivity contribution in [2.24, 2.45) is 5.92 Å². The van der Waals surface area contributed by atoms with Crippen LogP contribution in [0.15, 0.2) is 53.6 Å². The minimum Gasteiger partial charge on any atom is -0.299 e. The van der Waals surface area contributed by atoms with Crippen molar-refractivity contribution in [3.05, 3.63) is 70.5 Å². The number of nitrogens with zero attached hydrogens (tertiary/aromatic N) is 4. The van der Waals surface area contributed by atoms with Gasteiger partial charge < -0.3 is 0 Å². The number of para-hydroxylation sites is 1. The van der Waals surface area contributed by atoms with Gasteiger partial charge in [0.1, 0.15) is 5.82 Å². The van der Waals surface area contributed by atoms with Crippen molar-refractivity contribution in [2.45, 2.75) is 32.9 Å². The van der Waals surface area contributed by atoms with E-state index in [0.717, 1.165) is 50.4 Å². The van der Waals surface area contributed by atoms with Crippen molar-refractivity contribution in [1.29, 1.82) is 0 Å². The van der Waals surface area contributed by atoms with Gasteiger partial charge in [-0.15, -0.1) is 0 Å². The number of hydrogen-bond acceptors (Lipinski definition) is 4. The van der Waals surface area contributed by atoms with E-state index in [-0.39, 0.29) is 5.56 Å². The fourth-order valence-corrected chi connectivity index (χ4v) is 3.83. The predicted molar refractivity (Wildman–Crippen MR) is 103 cm³/mol. The first-order valence-electron chi connectivity index (χ1n) is 9.28. The summed E-state index contributed by atoms with van der Waals surface area (Å²) in [5.41, 5.74) is 2.19. The number of hydrogen-bond donors (Lipinski definition) is 0. The van der Waals surface area contributed by atoms with E-state index in [2.05, 4.69) is 27.0 Å². The summed E-state index contributed by atoms with van der Waals surface area (Å²) in [4.78, 5) is 24.0. The topological polar surface area (TPSA) is 51.0 Å². The average molecular weight is 348 g/mol. The zero-order valence-electron chi connectivity index (χ0n) is 15.1. The number of fused-ring (bicyclic) bond motifs is 1. The molecule has 0 radical (unpaired) electrons. The van der Waals surface area contributed by atoms with Gasteiger partial charge in [-0.05, 0) is 68.6 Å². The Labute approximate surface area is 153 Å². The molecule has 0 saturated carbocycles. The Kier molecular flexibility index (Phi) is 4.80. The molecule has 5 nitrogen and oxygen atoms in total. The average Bonchev–Trinajstić information content (AvgIpc) is 2.67. The molecule has 1 aromatic carbocycles. The molecule has 3 aromatic rings. The molecule has 0 unspecified atom stereocenters. The molecule has 0 spiro atoms. The van der Waals surface area contributed by atoms with Crippen molar-refractivity contribution in [1.82, 2.24) is 19.4 Å². The van der Waals surface area contributed by atoms with Crippen LogP contribution in [-0.2, 0) is 13.1 Å². The van der Waals surface area contributed by atoms with E-state index >= 15 is 0 Å². The van der Waals surface area contributed by atoms with Crippen LogP contribution in [0.5, 0.6) is 0 Å². The Morgan fingerprint density at radius 1 is 1.08 bits per heavy atom. The van der Waals surface area contributed by atoms with Crippen molar-refractivity contribution in [2.75, 3.05) is 13.1 Å². The molecule has 1 fully saturated rings. The molecule has 134 valence electrons. The molecule has 1 saturated heterocycles. The summed E-state index contributed by atoms with van der Waals surface area (Å²) in [7, 11) is 0. The van der Waals surface area contributed by atoms with Gasteiger partial charge in [0.05, 0.1) is 10.9 Å². The van der Waals surface area contributed by atoms with Crippen molar-refractivity contribution >= 4 is 10.9 Å². The predicted octanol–water partition coefficient (Wildman–Crippen LogP) is 3.01. The molecular formula is C21H24N4O. The van der Waals surface area contributed by atoms with E-state index in [1.807, 2.05) is 48.1 Å². The summed E-state index contributed by atoms with van der Waals surface area (Å²) < 4.78 is 1.87. The SMILES string of the molecule is Cc1nc2ccccc2c(=O)n1CC1CCN(Cc2ccncc2)CC1. The molecular weight excluding hydrogens is 324 g/mol. The Morgan fingerprint density at radius 3 is 2.58 bits per heavy atom. The largest absolute Gasteiger partial charge is 0.299 e. The normalized spacial score (nSPS) is 16.2. The van der Waals surface area contributed by atoms with Crippen LogP contribution in [0.2, 0.25) is 0 Å². The first kappa shape index (κ1) is 16.9. The van der Waals surface area contributed by atoms with Gasteiger partial charge in [-0.3, -0.25) is 19.2 Å². The molecule has 26 heavy (non-hydrogen) atoms. The summed E-state index contributed by atoms with van der Waals surface area (Å²) >= 11 is 0. The number of rotatable bonds is 4. The van der Waals surface area contributed by atoms with Gasteiger partial charge in [-0.2, -0.15) is 0 Å². The first-order chi connectivity index (χ1) is 12.7. The van der Waals surface area contributed by atoms with Crippen LogP contribution in [-0.4, -0.2) is 32.5 Å². The summed E-state index contributed by atoms with van der Waals surface area (Å²) in [5.74, 6) is 1.34. The number of pyridine rings is 1. The molecule has 1 aliphatic rings. The molecule has 0 amide bonds. The highest BCUT2D eigenvalue weighted by atomic mass is 16.1. The Morgan fingerprint density at radius 2 is 1.81 bits per heavy atom. The molecule has 0 N–H and O–H groups in total. The zero-order chi connectivity index (χ0) is 17.9. The molecule has 0 aliphatic carbocycles. The second kappa shape index (κ2) is 7.38. The van der Waals surface area contributed by atoms with E-state index in [9.17, 15) is 4.79 Å². The van der Waals surface area contributed by atoms with Gasteiger partial charge in [0.15, 0.2) is 0 Å². The maximum absolute atomic E-state index is 12.8. The fourth-order valence-electron chi connectivity index (χ4n) is 3.83. The zero-order valence-corrected chi connectivity index (χ0v) is 15.1. The summed E-state index contributed by atoms with van der Waals surface area (Å²) in [6.45, 7) is 5.83. The third-order valence-corrected chi connectivity index (χ3v) is 5.36. The number of piperidine rings is 1. The number of aryl methyl sites for hydroxylation is 1. The van der Waals surface area contributed by atoms with Crippen LogP contribution in [0.25, 0.3) is 10.9 Å². The van der Waals surface area contributed by atoms with E-state index in [1.165, 1.54) is 5.56 Å². The second-order valence-electron chi connectivity index (χ2n) is 7.17. The lowest BCUT2D eigenvalue weighted by Crippen LogP contribution is -2.36. The monoisotopic (exact) mass is 348 g/mol. The van der Waals surface area contributed by atoms with E-state index in [1.54, 1.807) is 0 Å². The molecule has 5 heteroatoms. The Hall–Kier alpha value is -2.53. The minimum absolute atomic E-state index is 0.0901. The van der Waals surface area contributed by atoms with Crippen LogP contribution in [0.1, 0.15) is 24.2 Å². The molecule has 4 rings (SSSR count). The van der Waals surface area contributed by atoms with Gasteiger partial charge in [-0.1, -0.05) is 12.1 Å². The molecule has 2 aromatic heterocycles. The Bertz CT molecular complexity index is 943. The van der Waals surface area contributed by atoms with Crippen molar-refractivity contribution < 1.29 is 0 Å². The van der Waals surface area contributed by atoms with Gasteiger partial charge in [0, 0.05) is 25.5 Å². The maximum atomic E-state index is 12.8. The molecule has 0 atom stereocenters. The Balaban J connectivity index is 1.43. The van der Waals surface area contributed by atoms with Crippen LogP contribution in [0, 0.1) is 12.8 Å². The third-order valence-electron chi connectivity index (χ3n) is 5.36. The number of likely N-dealkylation sites (tertiary alicyclic amines) is 1. The lowest BCUT2D eigenvalue weighted by atomic mass is 9.96. The van der Waals surface area contributed by atoms with Crippen molar-refractivity contribution in [3.63, 3.8) is 0 Å². The minimum atomic E-state index is 0.0901. The second-order valence-corrected chi connectivity index (χ2v) is 7.17. The smallest absolute Gasteiger partial charge is 0.261 e. The van der Waals surface area contributed by atoms with Crippen LogP contribution in [0.3, 0.4) is 0 Å². The lowest BCUT2D eigenvalue weighted by Gasteiger charge is -2.32. The highest BCUT2D eigenvalue weighted by Gasteiger charge is 2.21. The number of aromatic nitrogens is 3. The summed E-state index contributed by atoms with van der Waals surface area (Å²) in [5, 5.41) is 0.716. The third kappa shape index (κ3) is 3.53. The standard InChI is InChI=1S/C21H24N4O/c1-16-23-20-5-3-2-4-19(20)21(26)25(16)15-18-8-12-24(13-9-18)14-17-6-10-22-11-7-17/h2-7,10-11,18H,8-9,12-15H2,1H3. The van der Waals surface area contributed by atoms with Crippen LogP contribution >= 0.6 is 0 Å². The molecule has 3 heterocycles. The highest BCUT2D eigenvalue weighted by molar-refractivity contribution is 5.77. The van der Waals surface area contributed by atoms with Gasteiger partial charge in [0.2, 0.25) is 0 Å². The summed E-state index contributed by atoms with van der Waals surface area (Å²) in [6, 6.07) is 11.8. The summed E-state index contributed by atoms with van der Waals surface area (Å²) in [6.07, 6.45) is 5.93. The van der Waals surface area contributed by atoms with Gasteiger partial charge >= 0.3 is 0 Å². The molecule has 1 aliphatic heterocycles. The first-order valence-corrected chi connectivity index (χ1v) is 9.28. The molecule has 0 bridgehead atoms. The fraction of sp³-hybridized carbons (Fsp3) is 0.381. The van der Waals surface area contributed by atoms with E-state index in [4.69, 9.17) is 0 Å². The van der Waals surface area contributed by atoms with Crippen LogP contribution in [0.4, 0.5) is 0 Å². The van der Waals surface area contributed by atoms with Crippen molar-refractivity contribution in [3.8, 4) is 0 Å². The highest BCUT2D eigenvalue weighted by Crippen LogP contribution is 2.21. The quantitative estimate of drug-likeness (QED) is 0.727. The van der Waals surface area contributed by atoms with Gasteiger partial charge in [0.25, 0.3) is 5.56 Å². The van der Waals surface area contributed by atoms with Crippen LogP contribution < -0.4 is 5.56 Å². The van der Waals surface area contributed by atoms with Gasteiger partial charge in [-0.25, -0.2) is 4.98 Å². The maximum Gasteiger partial charge on any atom is 0.261 e.